The van der Waals surface area contributed by atoms with E-state index in [2.05, 4.69) is 15.6 Å². The molecule has 8 heteroatoms. The van der Waals surface area contributed by atoms with Gasteiger partial charge in [-0.3, -0.25) is 9.59 Å². The predicted molar refractivity (Wildman–Crippen MR) is 90.3 cm³/mol. The fraction of sp³-hybridized carbons (Fsp3) is 0.400. The molecule has 1 fully saturated rings. The fourth-order valence-electron chi connectivity index (χ4n) is 2.76. The van der Waals surface area contributed by atoms with Crippen LogP contribution in [-0.4, -0.2) is 53.9 Å². The highest BCUT2D eigenvalue weighted by molar-refractivity contribution is 7.22. The number of carbonyl (C=O) groups is 2. The van der Waals surface area contributed by atoms with Crippen LogP contribution in [0.1, 0.15) is 6.42 Å². The van der Waals surface area contributed by atoms with Crippen LogP contribution in [0.2, 0.25) is 0 Å². The molecule has 1 aliphatic rings. The van der Waals surface area contributed by atoms with Gasteiger partial charge in [-0.2, -0.15) is 0 Å². The maximum absolute atomic E-state index is 12.4. The van der Waals surface area contributed by atoms with E-state index < -0.39 is 6.04 Å². The van der Waals surface area contributed by atoms with Gasteiger partial charge in [-0.05, 0) is 18.6 Å². The molecule has 7 nitrogen and oxygen atoms in total. The second-order valence-corrected chi connectivity index (χ2v) is 6.54. The minimum absolute atomic E-state index is 0.0973. The molecule has 1 saturated heterocycles. The van der Waals surface area contributed by atoms with E-state index >= 15 is 0 Å². The molecule has 2 aromatic rings. The van der Waals surface area contributed by atoms with Crippen LogP contribution in [0.25, 0.3) is 10.2 Å². The lowest BCUT2D eigenvalue weighted by atomic mass is 10.1. The van der Waals surface area contributed by atoms with Gasteiger partial charge in [0.1, 0.15) is 6.04 Å². The first-order chi connectivity index (χ1) is 11.1. The lowest BCUT2D eigenvalue weighted by Crippen LogP contribution is -2.46. The van der Waals surface area contributed by atoms with Crippen LogP contribution in [-0.2, 0) is 9.59 Å². The number of likely N-dealkylation sites (N-methyl/N-ethyl adjacent to an activating group) is 1. The zero-order valence-electron chi connectivity index (χ0n) is 12.8. The molecule has 1 aliphatic heterocycles. The second-order valence-electron chi connectivity index (χ2n) is 5.51. The summed E-state index contributed by atoms with van der Waals surface area (Å²) in [7, 11) is 1.56. The third-order valence-corrected chi connectivity index (χ3v) is 4.88. The number of fused-ring (bicyclic) bond motifs is 1. The number of aromatic nitrogens is 1. The van der Waals surface area contributed by atoms with E-state index in [4.69, 9.17) is 5.73 Å². The van der Waals surface area contributed by atoms with Crippen molar-refractivity contribution in [2.75, 3.05) is 25.5 Å². The number of nitrogens with one attached hydrogen (secondary N) is 2. The number of nitrogens with zero attached hydrogens (tertiary/aromatic N) is 2. The van der Waals surface area contributed by atoms with Crippen LogP contribution in [0.3, 0.4) is 0 Å². The van der Waals surface area contributed by atoms with Gasteiger partial charge in [0.15, 0.2) is 5.13 Å². The molecule has 3 rings (SSSR count). The number of hydrogen-bond donors (Lipinski definition) is 3. The molecule has 2 amide bonds. The fourth-order valence-corrected chi connectivity index (χ4v) is 3.62. The first-order valence-corrected chi connectivity index (χ1v) is 8.26. The summed E-state index contributed by atoms with van der Waals surface area (Å²) in [5.74, 6) is -0.322. The topological polar surface area (TPSA) is 100 Å². The number of carbonyl (C=O) groups excluding carboxylic acids is 2. The third kappa shape index (κ3) is 3.27. The summed E-state index contributed by atoms with van der Waals surface area (Å²) >= 11 is 1.50. The van der Waals surface area contributed by atoms with Crippen molar-refractivity contribution < 1.29 is 9.59 Å². The van der Waals surface area contributed by atoms with Gasteiger partial charge in [-0.15, -0.1) is 0 Å². The van der Waals surface area contributed by atoms with Gasteiger partial charge in [0.2, 0.25) is 11.8 Å². The number of para-hydroxylation sites is 1. The molecule has 1 aromatic heterocycles. The summed E-state index contributed by atoms with van der Waals surface area (Å²) in [5.41, 5.74) is 6.80. The van der Waals surface area contributed by atoms with Crippen LogP contribution in [0.4, 0.5) is 5.13 Å². The van der Waals surface area contributed by atoms with E-state index in [-0.39, 0.29) is 24.4 Å². The highest BCUT2D eigenvalue weighted by Gasteiger charge is 2.37. The van der Waals surface area contributed by atoms with Crippen molar-refractivity contribution in [2.45, 2.75) is 18.5 Å². The standard InChI is InChI=1S/C15H19N5O2S/c1-17-14(22)11-6-9(16)8-20(11)13(21)7-18-15-19-10-4-2-3-5-12(10)23-15/h2-5,9,11H,6-8,16H2,1H3,(H,17,22)(H,18,19)/t9-,11+/m1/s1. The monoisotopic (exact) mass is 333 g/mol. The van der Waals surface area contributed by atoms with Gasteiger partial charge < -0.3 is 21.3 Å². The first kappa shape index (κ1) is 15.7. The smallest absolute Gasteiger partial charge is 0.242 e. The average molecular weight is 333 g/mol. The zero-order chi connectivity index (χ0) is 16.4. The van der Waals surface area contributed by atoms with Crippen LogP contribution >= 0.6 is 11.3 Å². The second kappa shape index (κ2) is 6.51. The summed E-state index contributed by atoms with van der Waals surface area (Å²) in [4.78, 5) is 30.3. The van der Waals surface area contributed by atoms with E-state index in [0.29, 0.717) is 18.1 Å². The molecule has 0 radical (unpaired) electrons. The number of benzene rings is 1. The molecule has 0 bridgehead atoms. The van der Waals surface area contributed by atoms with E-state index in [1.54, 1.807) is 11.9 Å². The van der Waals surface area contributed by atoms with Gasteiger partial charge >= 0.3 is 0 Å². The predicted octanol–water partition coefficient (Wildman–Crippen LogP) is 0.382. The molecule has 4 N–H and O–H groups in total. The van der Waals surface area contributed by atoms with E-state index in [1.165, 1.54) is 11.3 Å². The average Bonchev–Trinajstić information content (AvgIpc) is 3.14. The summed E-state index contributed by atoms with van der Waals surface area (Å²) in [6.45, 7) is 0.498. The maximum atomic E-state index is 12.4. The first-order valence-electron chi connectivity index (χ1n) is 7.44. The number of amides is 2. The zero-order valence-corrected chi connectivity index (χ0v) is 13.6. The van der Waals surface area contributed by atoms with Crippen LogP contribution in [0, 0.1) is 0 Å². The highest BCUT2D eigenvalue weighted by atomic mass is 32.1. The molecule has 0 unspecified atom stereocenters. The van der Waals surface area contributed by atoms with Crippen molar-refractivity contribution in [2.24, 2.45) is 5.73 Å². The Morgan fingerprint density at radius 1 is 1.43 bits per heavy atom. The number of anilines is 1. The van der Waals surface area contributed by atoms with Crippen LogP contribution in [0.5, 0.6) is 0 Å². The van der Waals surface area contributed by atoms with E-state index in [9.17, 15) is 9.59 Å². The Balaban J connectivity index is 1.65. The number of hydrogen-bond acceptors (Lipinski definition) is 6. The minimum Gasteiger partial charge on any atom is -0.357 e. The van der Waals surface area contributed by atoms with Gasteiger partial charge in [0.25, 0.3) is 0 Å². The molecule has 0 spiro atoms. The van der Waals surface area contributed by atoms with Crippen molar-refractivity contribution in [3.05, 3.63) is 24.3 Å². The summed E-state index contributed by atoms with van der Waals surface area (Å²) < 4.78 is 1.06. The number of nitrogens with two attached hydrogens (primary N) is 1. The Morgan fingerprint density at radius 3 is 2.96 bits per heavy atom. The Kier molecular flexibility index (Phi) is 4.44. The molecular weight excluding hydrogens is 314 g/mol. The Morgan fingerprint density at radius 2 is 2.22 bits per heavy atom. The van der Waals surface area contributed by atoms with Gasteiger partial charge in [0, 0.05) is 19.6 Å². The highest BCUT2D eigenvalue weighted by Crippen LogP contribution is 2.25. The third-order valence-electron chi connectivity index (χ3n) is 3.89. The Labute approximate surface area is 137 Å². The molecule has 23 heavy (non-hydrogen) atoms. The molecule has 2 heterocycles. The Bertz CT molecular complexity index is 698. The molecule has 0 saturated carbocycles. The van der Waals surface area contributed by atoms with Crippen molar-refractivity contribution in [3.8, 4) is 0 Å². The quantitative estimate of drug-likeness (QED) is 0.751. The van der Waals surface area contributed by atoms with Crippen LogP contribution < -0.4 is 16.4 Å². The lowest BCUT2D eigenvalue weighted by Gasteiger charge is -2.23. The van der Waals surface area contributed by atoms with Gasteiger partial charge in [-0.25, -0.2) is 4.98 Å². The summed E-state index contributed by atoms with van der Waals surface area (Å²) in [5, 5.41) is 6.33. The summed E-state index contributed by atoms with van der Waals surface area (Å²) in [6, 6.07) is 7.15. The SMILES string of the molecule is CNC(=O)[C@@H]1C[C@@H](N)CN1C(=O)CNc1nc2ccccc2s1. The maximum Gasteiger partial charge on any atom is 0.242 e. The molecule has 0 aliphatic carbocycles. The molecule has 2 atom stereocenters. The van der Waals surface area contributed by atoms with Crippen molar-refractivity contribution in [1.29, 1.82) is 0 Å². The molecule has 1 aromatic carbocycles. The van der Waals surface area contributed by atoms with Crippen molar-refractivity contribution >= 4 is 38.5 Å². The van der Waals surface area contributed by atoms with Gasteiger partial charge in [0.05, 0.1) is 16.8 Å². The number of thiazole rings is 1. The van der Waals surface area contributed by atoms with Crippen LogP contribution in [0.15, 0.2) is 24.3 Å². The lowest BCUT2D eigenvalue weighted by molar-refractivity contribution is -0.136. The molecule has 122 valence electrons. The van der Waals surface area contributed by atoms with Crippen molar-refractivity contribution in [3.63, 3.8) is 0 Å². The number of likely N-dealkylation sites (tertiary alicyclic amines) is 1. The normalized spacial score (nSPS) is 20.7. The van der Waals surface area contributed by atoms with Crippen molar-refractivity contribution in [1.82, 2.24) is 15.2 Å². The Hall–Kier alpha value is -2.19. The largest absolute Gasteiger partial charge is 0.357 e. The van der Waals surface area contributed by atoms with E-state index in [0.717, 1.165) is 10.2 Å². The molecular formula is C15H19N5O2S. The summed E-state index contributed by atoms with van der Waals surface area (Å²) in [6.07, 6.45) is 0.493. The van der Waals surface area contributed by atoms with Gasteiger partial charge in [-0.1, -0.05) is 23.5 Å². The van der Waals surface area contributed by atoms with E-state index in [1.807, 2.05) is 24.3 Å². The minimum atomic E-state index is -0.486. The number of rotatable bonds is 4.